The van der Waals surface area contributed by atoms with Gasteiger partial charge in [-0.1, -0.05) is 54.6 Å². The topological polar surface area (TPSA) is 55.1 Å². The van der Waals surface area contributed by atoms with E-state index < -0.39 is 23.1 Å². The van der Waals surface area contributed by atoms with Crippen molar-refractivity contribution in [3.8, 4) is 33.7 Å². The van der Waals surface area contributed by atoms with Gasteiger partial charge in [-0.05, 0) is 29.2 Å². The zero-order chi connectivity index (χ0) is 21.3. The molecular formula is C24H18F2N2O2. The minimum absolute atomic E-state index is 0.000836. The molecule has 0 radical (unpaired) electrons. The van der Waals surface area contributed by atoms with E-state index in [1.54, 1.807) is 12.1 Å². The maximum Gasteiger partial charge on any atom is 0.252 e. The second-order valence-electron chi connectivity index (χ2n) is 6.71. The number of aromatic nitrogens is 1. The fourth-order valence-electron chi connectivity index (χ4n) is 3.58. The van der Waals surface area contributed by atoms with E-state index >= 15 is 8.78 Å². The van der Waals surface area contributed by atoms with Gasteiger partial charge in [0.25, 0.3) is 5.91 Å². The number of halogens is 2. The average molecular weight is 404 g/mol. The van der Waals surface area contributed by atoms with Crippen LogP contribution in [0.5, 0.6) is 0 Å². The van der Waals surface area contributed by atoms with Gasteiger partial charge < -0.3 is 9.73 Å². The maximum absolute atomic E-state index is 15.9. The highest BCUT2D eigenvalue weighted by atomic mass is 19.1. The van der Waals surface area contributed by atoms with Gasteiger partial charge in [-0.25, -0.2) is 13.8 Å². The van der Waals surface area contributed by atoms with Crippen molar-refractivity contribution in [2.75, 3.05) is 7.05 Å². The molecule has 1 N–H and O–H groups in total. The van der Waals surface area contributed by atoms with Crippen LogP contribution in [0.2, 0.25) is 0 Å². The van der Waals surface area contributed by atoms with Gasteiger partial charge in [-0.3, -0.25) is 4.79 Å². The number of rotatable bonds is 4. The lowest BCUT2D eigenvalue weighted by molar-refractivity contribution is 0.0962. The number of nitrogens with one attached hydrogen (secondary N) is 1. The first-order chi connectivity index (χ1) is 14.5. The summed E-state index contributed by atoms with van der Waals surface area (Å²) in [7, 11) is 1.42. The lowest BCUT2D eigenvalue weighted by Crippen LogP contribution is -2.22. The van der Waals surface area contributed by atoms with Crippen molar-refractivity contribution in [1.82, 2.24) is 10.3 Å². The van der Waals surface area contributed by atoms with Crippen molar-refractivity contribution in [3.63, 3.8) is 0 Å². The molecule has 0 bridgehead atoms. The molecule has 4 nitrogen and oxygen atoms in total. The van der Waals surface area contributed by atoms with Crippen molar-refractivity contribution >= 4 is 5.91 Å². The molecule has 0 saturated heterocycles. The molecule has 0 saturated carbocycles. The third-order valence-corrected chi connectivity index (χ3v) is 4.99. The summed E-state index contributed by atoms with van der Waals surface area (Å²) in [6.45, 7) is 1.44. The van der Waals surface area contributed by atoms with Crippen LogP contribution >= 0.6 is 0 Å². The number of nitrogens with zero attached hydrogens (tertiary/aromatic N) is 1. The Kier molecular flexibility index (Phi) is 5.14. The van der Waals surface area contributed by atoms with Gasteiger partial charge in [-0.15, -0.1) is 0 Å². The lowest BCUT2D eigenvalue weighted by Gasteiger charge is -2.19. The third kappa shape index (κ3) is 3.16. The van der Waals surface area contributed by atoms with Gasteiger partial charge >= 0.3 is 0 Å². The second-order valence-corrected chi connectivity index (χ2v) is 6.71. The van der Waals surface area contributed by atoms with Crippen LogP contribution in [-0.4, -0.2) is 17.9 Å². The van der Waals surface area contributed by atoms with E-state index in [1.165, 1.54) is 26.4 Å². The molecule has 6 heteroatoms. The predicted molar refractivity (Wildman–Crippen MR) is 111 cm³/mol. The Labute approximate surface area is 172 Å². The zero-order valence-electron chi connectivity index (χ0n) is 16.4. The molecule has 1 amide bonds. The number of oxazole rings is 1. The van der Waals surface area contributed by atoms with Gasteiger partial charge in [0, 0.05) is 12.6 Å². The van der Waals surface area contributed by atoms with Crippen molar-refractivity contribution in [1.29, 1.82) is 0 Å². The Morgan fingerprint density at radius 2 is 1.60 bits per heavy atom. The van der Waals surface area contributed by atoms with E-state index in [0.717, 1.165) is 5.56 Å². The molecule has 1 aromatic heterocycles. The quantitative estimate of drug-likeness (QED) is 0.480. The normalized spacial score (nSPS) is 10.8. The van der Waals surface area contributed by atoms with Crippen LogP contribution < -0.4 is 5.32 Å². The number of benzene rings is 3. The summed E-state index contributed by atoms with van der Waals surface area (Å²) < 4.78 is 36.3. The highest BCUT2D eigenvalue weighted by Gasteiger charge is 2.30. The molecule has 1 heterocycles. The smallest absolute Gasteiger partial charge is 0.252 e. The summed E-state index contributed by atoms with van der Waals surface area (Å²) in [5, 5.41) is 2.49. The molecule has 0 unspecified atom stereocenters. The van der Waals surface area contributed by atoms with Crippen molar-refractivity contribution < 1.29 is 18.0 Å². The molecule has 3 aromatic carbocycles. The average Bonchev–Trinajstić information content (AvgIpc) is 3.30. The molecule has 0 fully saturated rings. The van der Waals surface area contributed by atoms with Crippen LogP contribution in [0.1, 0.15) is 15.9 Å². The monoisotopic (exact) mass is 404 g/mol. The number of amides is 1. The highest BCUT2D eigenvalue weighted by Crippen LogP contribution is 2.41. The molecule has 4 rings (SSSR count). The van der Waals surface area contributed by atoms with Crippen LogP contribution in [0.3, 0.4) is 0 Å². The second kappa shape index (κ2) is 7.91. The van der Waals surface area contributed by atoms with E-state index in [9.17, 15) is 4.79 Å². The molecule has 4 aromatic rings. The molecule has 0 aliphatic heterocycles. The van der Waals surface area contributed by atoms with Crippen LogP contribution in [0.4, 0.5) is 8.78 Å². The van der Waals surface area contributed by atoms with E-state index in [-0.39, 0.29) is 22.6 Å². The van der Waals surface area contributed by atoms with Gasteiger partial charge in [0.15, 0.2) is 0 Å². The third-order valence-electron chi connectivity index (χ3n) is 4.99. The summed E-state index contributed by atoms with van der Waals surface area (Å²) in [6.07, 6.45) is 2.56. The molecule has 0 atom stereocenters. The molecule has 0 spiro atoms. The minimum atomic E-state index is -0.900. The standard InChI is InChI=1S/C24H18F2N2O2/c1-14-18(23(29)27-2)19(22(26)20(21(14)25)24-28-12-13-30-24)17-11-7-6-10-16(17)15-8-4-3-5-9-15/h3-13H,1-2H3,(H,27,29). The summed E-state index contributed by atoms with van der Waals surface area (Å²) in [6, 6.07) is 16.5. The number of hydrogen-bond acceptors (Lipinski definition) is 3. The molecule has 0 aliphatic rings. The van der Waals surface area contributed by atoms with E-state index in [2.05, 4.69) is 10.3 Å². The van der Waals surface area contributed by atoms with E-state index in [4.69, 9.17) is 4.42 Å². The SMILES string of the molecule is CNC(=O)c1c(C)c(F)c(-c2ncco2)c(F)c1-c1ccccc1-c1ccccc1. The van der Waals surface area contributed by atoms with Crippen molar-refractivity contribution in [3.05, 3.63) is 89.8 Å². The van der Waals surface area contributed by atoms with Crippen LogP contribution in [-0.2, 0) is 0 Å². The Balaban J connectivity index is 2.12. The Morgan fingerprint density at radius 3 is 2.23 bits per heavy atom. The van der Waals surface area contributed by atoms with Crippen LogP contribution in [0, 0.1) is 18.6 Å². The summed E-state index contributed by atoms with van der Waals surface area (Å²) >= 11 is 0. The fourth-order valence-corrected chi connectivity index (χ4v) is 3.58. The van der Waals surface area contributed by atoms with Gasteiger partial charge in [0.2, 0.25) is 5.89 Å². The summed E-state index contributed by atoms with van der Waals surface area (Å²) in [5.41, 5.74) is 1.58. The first-order valence-corrected chi connectivity index (χ1v) is 9.33. The lowest BCUT2D eigenvalue weighted by atomic mass is 9.87. The minimum Gasteiger partial charge on any atom is -0.444 e. The van der Waals surface area contributed by atoms with Crippen molar-refractivity contribution in [2.24, 2.45) is 0 Å². The largest absolute Gasteiger partial charge is 0.444 e. The molecule has 0 aliphatic carbocycles. The number of carbonyl (C=O) groups excluding carboxylic acids is 1. The molecular weight excluding hydrogens is 386 g/mol. The zero-order valence-corrected chi connectivity index (χ0v) is 16.4. The fraction of sp³-hybridized carbons (Fsp3) is 0.0833. The van der Waals surface area contributed by atoms with Crippen LogP contribution in [0.25, 0.3) is 33.7 Å². The Hall–Kier alpha value is -3.80. The first kappa shape index (κ1) is 19.5. The Bertz CT molecular complexity index is 1220. The molecule has 150 valence electrons. The number of hydrogen-bond donors (Lipinski definition) is 1. The maximum atomic E-state index is 15.9. The van der Waals surface area contributed by atoms with E-state index in [0.29, 0.717) is 11.1 Å². The first-order valence-electron chi connectivity index (χ1n) is 9.33. The summed E-state index contributed by atoms with van der Waals surface area (Å²) in [5.74, 6) is -2.55. The van der Waals surface area contributed by atoms with Gasteiger partial charge in [-0.2, -0.15) is 0 Å². The molecule has 30 heavy (non-hydrogen) atoms. The summed E-state index contributed by atoms with van der Waals surface area (Å²) in [4.78, 5) is 16.6. The van der Waals surface area contributed by atoms with E-state index in [1.807, 2.05) is 42.5 Å². The van der Waals surface area contributed by atoms with Gasteiger partial charge in [0.1, 0.15) is 23.5 Å². The van der Waals surface area contributed by atoms with Crippen LogP contribution in [0.15, 0.2) is 71.5 Å². The Morgan fingerprint density at radius 1 is 0.933 bits per heavy atom. The predicted octanol–water partition coefficient (Wildman–Crippen LogP) is 5.62. The highest BCUT2D eigenvalue weighted by molar-refractivity contribution is 6.05. The van der Waals surface area contributed by atoms with Crippen molar-refractivity contribution in [2.45, 2.75) is 6.92 Å². The number of carbonyl (C=O) groups is 1. The van der Waals surface area contributed by atoms with Gasteiger partial charge in [0.05, 0.1) is 11.8 Å².